The molecule has 0 aliphatic heterocycles. The Hall–Kier alpha value is -2.20. The highest BCUT2D eigenvalue weighted by molar-refractivity contribution is 5.89. The highest BCUT2D eigenvalue weighted by atomic mass is 16.4. The van der Waals surface area contributed by atoms with E-state index in [0.717, 1.165) is 16.7 Å². The largest absolute Gasteiger partial charge is 0.478 e. The number of aromatic carboxylic acids is 1. The van der Waals surface area contributed by atoms with Crippen LogP contribution >= 0.6 is 0 Å². The van der Waals surface area contributed by atoms with E-state index >= 15 is 0 Å². The van der Waals surface area contributed by atoms with E-state index in [0.29, 0.717) is 6.54 Å². The normalized spacial score (nSPS) is 10.2. The van der Waals surface area contributed by atoms with Gasteiger partial charge in [-0.25, -0.2) is 4.79 Å². The van der Waals surface area contributed by atoms with Gasteiger partial charge in [0.2, 0.25) is 0 Å². The van der Waals surface area contributed by atoms with Crippen molar-refractivity contribution in [3.8, 4) is 11.1 Å². The Morgan fingerprint density at radius 2 is 2.18 bits per heavy atom. The van der Waals surface area contributed by atoms with Gasteiger partial charge in [-0.2, -0.15) is 0 Å². The van der Waals surface area contributed by atoms with Crippen LogP contribution in [0.15, 0.2) is 42.7 Å². The Balaban J connectivity index is 2.52. The maximum Gasteiger partial charge on any atom is 0.335 e. The van der Waals surface area contributed by atoms with E-state index in [4.69, 9.17) is 10.8 Å². The molecule has 2 rings (SSSR count). The number of aromatic nitrogens is 1. The summed E-state index contributed by atoms with van der Waals surface area (Å²) in [5.74, 6) is -0.947. The molecule has 0 saturated carbocycles. The molecule has 0 aliphatic carbocycles. The average Bonchev–Trinajstić information content (AvgIpc) is 2.39. The first-order valence-corrected chi connectivity index (χ1v) is 5.19. The van der Waals surface area contributed by atoms with Crippen molar-refractivity contribution in [2.75, 3.05) is 0 Å². The average molecular weight is 228 g/mol. The molecule has 0 bridgehead atoms. The van der Waals surface area contributed by atoms with Gasteiger partial charge in [-0.05, 0) is 29.3 Å². The Labute approximate surface area is 98.7 Å². The van der Waals surface area contributed by atoms with Crippen molar-refractivity contribution in [1.82, 2.24) is 4.98 Å². The molecule has 86 valence electrons. The number of rotatable bonds is 3. The molecule has 0 spiro atoms. The van der Waals surface area contributed by atoms with Crippen LogP contribution in [0.4, 0.5) is 0 Å². The van der Waals surface area contributed by atoms with Gasteiger partial charge in [-0.15, -0.1) is 0 Å². The minimum atomic E-state index is -0.947. The van der Waals surface area contributed by atoms with E-state index in [1.807, 2.05) is 12.1 Å². The van der Waals surface area contributed by atoms with Crippen molar-refractivity contribution < 1.29 is 9.90 Å². The van der Waals surface area contributed by atoms with Crippen LogP contribution in [0.25, 0.3) is 11.1 Å². The third-order valence-corrected chi connectivity index (χ3v) is 2.54. The molecule has 0 aliphatic rings. The summed E-state index contributed by atoms with van der Waals surface area (Å²) in [5, 5.41) is 8.91. The van der Waals surface area contributed by atoms with E-state index < -0.39 is 5.97 Å². The summed E-state index contributed by atoms with van der Waals surface area (Å²) in [5.41, 5.74) is 8.55. The SMILES string of the molecule is NCc1cc(C(=O)O)ccc1-c1cccnc1. The fraction of sp³-hybridized carbons (Fsp3) is 0.0769. The van der Waals surface area contributed by atoms with Crippen LogP contribution in [0.2, 0.25) is 0 Å². The van der Waals surface area contributed by atoms with Crippen LogP contribution in [-0.2, 0) is 6.54 Å². The fourth-order valence-corrected chi connectivity index (χ4v) is 1.70. The van der Waals surface area contributed by atoms with Gasteiger partial charge in [0, 0.05) is 24.5 Å². The fourth-order valence-electron chi connectivity index (χ4n) is 1.70. The standard InChI is InChI=1S/C13H12N2O2/c14-7-11-6-9(13(16)17)3-4-12(11)10-2-1-5-15-8-10/h1-6,8H,7,14H2,(H,16,17). The molecule has 1 heterocycles. The molecule has 0 fully saturated rings. The second-order valence-electron chi connectivity index (χ2n) is 3.62. The van der Waals surface area contributed by atoms with E-state index in [9.17, 15) is 4.79 Å². The topological polar surface area (TPSA) is 76.2 Å². The summed E-state index contributed by atoms with van der Waals surface area (Å²) in [4.78, 5) is 14.9. The van der Waals surface area contributed by atoms with Crippen LogP contribution in [0.5, 0.6) is 0 Å². The summed E-state index contributed by atoms with van der Waals surface area (Å²) in [6.07, 6.45) is 3.42. The second kappa shape index (κ2) is 4.76. The number of hydrogen-bond acceptors (Lipinski definition) is 3. The van der Waals surface area contributed by atoms with Crippen molar-refractivity contribution >= 4 is 5.97 Å². The maximum atomic E-state index is 10.9. The first-order valence-electron chi connectivity index (χ1n) is 5.19. The Morgan fingerprint density at radius 3 is 2.76 bits per heavy atom. The summed E-state index contributed by atoms with van der Waals surface area (Å²) < 4.78 is 0. The molecule has 0 radical (unpaired) electrons. The number of nitrogens with two attached hydrogens (primary N) is 1. The van der Waals surface area contributed by atoms with Gasteiger partial charge >= 0.3 is 5.97 Å². The predicted molar refractivity (Wildman–Crippen MR) is 64.5 cm³/mol. The van der Waals surface area contributed by atoms with Crippen LogP contribution in [0.3, 0.4) is 0 Å². The van der Waals surface area contributed by atoms with Gasteiger partial charge in [-0.3, -0.25) is 4.98 Å². The summed E-state index contributed by atoms with van der Waals surface area (Å²) in [6, 6.07) is 8.69. The number of nitrogens with zero attached hydrogens (tertiary/aromatic N) is 1. The number of benzene rings is 1. The highest BCUT2D eigenvalue weighted by Gasteiger charge is 2.08. The van der Waals surface area contributed by atoms with Crippen molar-refractivity contribution in [3.63, 3.8) is 0 Å². The molecule has 4 heteroatoms. The summed E-state index contributed by atoms with van der Waals surface area (Å²) >= 11 is 0. The third-order valence-electron chi connectivity index (χ3n) is 2.54. The van der Waals surface area contributed by atoms with Crippen LogP contribution in [0, 0.1) is 0 Å². The molecular weight excluding hydrogens is 216 g/mol. The molecule has 0 saturated heterocycles. The zero-order valence-electron chi connectivity index (χ0n) is 9.13. The highest BCUT2D eigenvalue weighted by Crippen LogP contribution is 2.23. The zero-order valence-corrected chi connectivity index (χ0v) is 9.13. The third kappa shape index (κ3) is 2.32. The lowest BCUT2D eigenvalue weighted by Gasteiger charge is -2.08. The number of carboxylic acid groups (broad SMARTS) is 1. The molecule has 0 atom stereocenters. The van der Waals surface area contributed by atoms with E-state index in [1.54, 1.807) is 30.6 Å². The lowest BCUT2D eigenvalue weighted by molar-refractivity contribution is 0.0697. The summed E-state index contributed by atoms with van der Waals surface area (Å²) in [6.45, 7) is 0.297. The Morgan fingerprint density at radius 1 is 1.35 bits per heavy atom. The van der Waals surface area contributed by atoms with E-state index in [2.05, 4.69) is 4.98 Å². The minimum Gasteiger partial charge on any atom is -0.478 e. The molecule has 17 heavy (non-hydrogen) atoms. The number of carboxylic acids is 1. The first kappa shape index (κ1) is 11.3. The van der Waals surface area contributed by atoms with Crippen molar-refractivity contribution in [2.24, 2.45) is 5.73 Å². The van der Waals surface area contributed by atoms with Crippen molar-refractivity contribution in [2.45, 2.75) is 6.54 Å². The summed E-state index contributed by atoms with van der Waals surface area (Å²) in [7, 11) is 0. The molecule has 4 nitrogen and oxygen atoms in total. The van der Waals surface area contributed by atoms with Gasteiger partial charge < -0.3 is 10.8 Å². The van der Waals surface area contributed by atoms with Gasteiger partial charge in [0.1, 0.15) is 0 Å². The predicted octanol–water partition coefficient (Wildman–Crippen LogP) is 1.91. The quantitative estimate of drug-likeness (QED) is 0.841. The molecule has 2 aromatic rings. The molecule has 0 amide bonds. The molecular formula is C13H12N2O2. The van der Waals surface area contributed by atoms with Gasteiger partial charge in [0.15, 0.2) is 0 Å². The lowest BCUT2D eigenvalue weighted by atomic mass is 9.99. The van der Waals surface area contributed by atoms with Crippen LogP contribution < -0.4 is 5.73 Å². The van der Waals surface area contributed by atoms with E-state index in [-0.39, 0.29) is 5.56 Å². The number of carbonyl (C=O) groups is 1. The van der Waals surface area contributed by atoms with Crippen LogP contribution in [0.1, 0.15) is 15.9 Å². The first-order chi connectivity index (χ1) is 8.22. The molecule has 0 unspecified atom stereocenters. The second-order valence-corrected chi connectivity index (χ2v) is 3.62. The monoisotopic (exact) mass is 228 g/mol. The Kier molecular flexibility index (Phi) is 3.16. The molecule has 1 aromatic carbocycles. The maximum absolute atomic E-state index is 10.9. The zero-order chi connectivity index (χ0) is 12.3. The van der Waals surface area contributed by atoms with Crippen molar-refractivity contribution in [1.29, 1.82) is 0 Å². The smallest absolute Gasteiger partial charge is 0.335 e. The Bertz CT molecular complexity index is 538. The molecule has 1 aromatic heterocycles. The van der Waals surface area contributed by atoms with Crippen molar-refractivity contribution in [3.05, 3.63) is 53.9 Å². The van der Waals surface area contributed by atoms with Gasteiger partial charge in [-0.1, -0.05) is 12.1 Å². The van der Waals surface area contributed by atoms with Gasteiger partial charge in [0.05, 0.1) is 5.56 Å². The minimum absolute atomic E-state index is 0.248. The lowest BCUT2D eigenvalue weighted by Crippen LogP contribution is -2.03. The number of hydrogen-bond donors (Lipinski definition) is 2. The molecule has 3 N–H and O–H groups in total. The van der Waals surface area contributed by atoms with Gasteiger partial charge in [0.25, 0.3) is 0 Å². The van der Waals surface area contributed by atoms with E-state index in [1.165, 1.54) is 0 Å². The van der Waals surface area contributed by atoms with Crippen LogP contribution in [-0.4, -0.2) is 16.1 Å². The number of pyridine rings is 1.